The lowest BCUT2D eigenvalue weighted by molar-refractivity contribution is -0.115. The molecule has 8 heteroatoms. The quantitative estimate of drug-likeness (QED) is 0.660. The third kappa shape index (κ3) is 6.07. The Morgan fingerprint density at radius 2 is 1.79 bits per heavy atom. The number of nitrogens with one attached hydrogen (secondary N) is 2. The normalized spacial score (nSPS) is 11.5. The number of anilines is 2. The van der Waals surface area contributed by atoms with E-state index in [4.69, 9.17) is 21.1 Å². The minimum atomic E-state index is -0.412. The van der Waals surface area contributed by atoms with Gasteiger partial charge in [0.05, 0.1) is 25.2 Å². The molecular weight excluding hydrogens is 400 g/mol. The van der Waals surface area contributed by atoms with E-state index in [9.17, 15) is 9.59 Å². The summed E-state index contributed by atoms with van der Waals surface area (Å²) in [5.41, 5.74) is 2.18. The van der Waals surface area contributed by atoms with E-state index in [1.165, 1.54) is 18.9 Å². The van der Waals surface area contributed by atoms with Crippen LogP contribution in [0.15, 0.2) is 36.4 Å². The van der Waals surface area contributed by atoms with Gasteiger partial charge in [-0.05, 0) is 49.7 Å². The van der Waals surface area contributed by atoms with Gasteiger partial charge in [-0.3, -0.25) is 9.59 Å². The lowest BCUT2D eigenvalue weighted by Crippen LogP contribution is -2.25. The number of thioether (sulfide) groups is 1. The molecule has 0 aliphatic carbocycles. The highest BCUT2D eigenvalue weighted by atomic mass is 35.5. The maximum absolute atomic E-state index is 12.4. The molecule has 2 aromatic rings. The lowest BCUT2D eigenvalue weighted by Gasteiger charge is -2.14. The standard InChI is InChI=1S/C20H23ClN2O4S/c1-12-9-14(21)5-7-16(12)23-19(24)11-28-13(2)20(25)22-15-6-8-17(26-3)18(10-15)27-4/h5-10,13H,11H2,1-4H3,(H,22,25)(H,23,24). The fourth-order valence-electron chi connectivity index (χ4n) is 2.39. The van der Waals surface area contributed by atoms with E-state index in [-0.39, 0.29) is 17.6 Å². The third-order valence-corrected chi connectivity index (χ3v) is 5.33. The highest BCUT2D eigenvalue weighted by molar-refractivity contribution is 8.01. The Bertz CT molecular complexity index is 860. The number of halogens is 1. The van der Waals surface area contributed by atoms with Crippen LogP contribution >= 0.6 is 23.4 Å². The first-order chi connectivity index (χ1) is 13.3. The third-order valence-electron chi connectivity index (χ3n) is 3.95. The van der Waals surface area contributed by atoms with E-state index in [0.717, 1.165) is 5.56 Å². The van der Waals surface area contributed by atoms with E-state index in [1.54, 1.807) is 50.4 Å². The van der Waals surface area contributed by atoms with Crippen molar-refractivity contribution in [2.24, 2.45) is 0 Å². The summed E-state index contributed by atoms with van der Waals surface area (Å²) >= 11 is 7.17. The molecule has 0 spiro atoms. The Morgan fingerprint density at radius 1 is 1.07 bits per heavy atom. The summed E-state index contributed by atoms with van der Waals surface area (Å²) in [6.07, 6.45) is 0. The summed E-state index contributed by atoms with van der Waals surface area (Å²) in [6.45, 7) is 3.62. The predicted octanol–water partition coefficient (Wildman–Crippen LogP) is 4.36. The lowest BCUT2D eigenvalue weighted by atomic mass is 10.2. The Hall–Kier alpha value is -2.38. The van der Waals surface area contributed by atoms with Crippen LogP contribution in [0, 0.1) is 6.92 Å². The predicted molar refractivity (Wildman–Crippen MR) is 115 cm³/mol. The van der Waals surface area contributed by atoms with Crippen molar-refractivity contribution >= 4 is 46.6 Å². The molecule has 0 bridgehead atoms. The summed E-state index contributed by atoms with van der Waals surface area (Å²) in [6, 6.07) is 10.4. The smallest absolute Gasteiger partial charge is 0.237 e. The van der Waals surface area contributed by atoms with Crippen LogP contribution in [-0.4, -0.2) is 37.0 Å². The first-order valence-electron chi connectivity index (χ1n) is 8.54. The highest BCUT2D eigenvalue weighted by Crippen LogP contribution is 2.30. The zero-order chi connectivity index (χ0) is 20.7. The van der Waals surface area contributed by atoms with Gasteiger partial charge in [0.25, 0.3) is 0 Å². The fraction of sp³-hybridized carbons (Fsp3) is 0.300. The molecule has 0 heterocycles. The molecule has 2 rings (SSSR count). The number of hydrogen-bond acceptors (Lipinski definition) is 5. The molecule has 0 aromatic heterocycles. The first kappa shape index (κ1) is 21.9. The molecule has 0 radical (unpaired) electrons. The van der Waals surface area contributed by atoms with Crippen LogP contribution in [0.25, 0.3) is 0 Å². The van der Waals surface area contributed by atoms with Crippen LogP contribution in [0.4, 0.5) is 11.4 Å². The Kier molecular flexibility index (Phi) is 8.02. The van der Waals surface area contributed by atoms with Gasteiger partial charge in [0.1, 0.15) is 0 Å². The zero-order valence-electron chi connectivity index (χ0n) is 16.2. The summed E-state index contributed by atoms with van der Waals surface area (Å²) in [4.78, 5) is 24.5. The van der Waals surface area contributed by atoms with E-state index in [2.05, 4.69) is 10.6 Å². The number of methoxy groups -OCH3 is 2. The van der Waals surface area contributed by atoms with Crippen LogP contribution in [-0.2, 0) is 9.59 Å². The molecule has 6 nitrogen and oxygen atoms in total. The maximum atomic E-state index is 12.4. The summed E-state index contributed by atoms with van der Waals surface area (Å²) in [7, 11) is 3.08. The number of carbonyl (C=O) groups excluding carboxylic acids is 2. The first-order valence-corrected chi connectivity index (χ1v) is 9.97. The average Bonchev–Trinajstić information content (AvgIpc) is 2.68. The molecule has 1 atom stereocenters. The van der Waals surface area contributed by atoms with Crippen molar-refractivity contribution in [3.8, 4) is 11.5 Å². The van der Waals surface area contributed by atoms with Gasteiger partial charge in [0.2, 0.25) is 11.8 Å². The topological polar surface area (TPSA) is 76.7 Å². The van der Waals surface area contributed by atoms with Crippen molar-refractivity contribution < 1.29 is 19.1 Å². The molecule has 0 saturated heterocycles. The molecule has 2 amide bonds. The van der Waals surface area contributed by atoms with Crippen molar-refractivity contribution in [3.05, 3.63) is 47.0 Å². The number of hydrogen-bond donors (Lipinski definition) is 2. The second-order valence-electron chi connectivity index (χ2n) is 6.02. The number of amides is 2. The van der Waals surface area contributed by atoms with E-state index in [1.807, 2.05) is 6.92 Å². The van der Waals surface area contributed by atoms with Crippen LogP contribution < -0.4 is 20.1 Å². The van der Waals surface area contributed by atoms with Gasteiger partial charge < -0.3 is 20.1 Å². The maximum Gasteiger partial charge on any atom is 0.237 e. The van der Waals surface area contributed by atoms with Crippen LogP contribution in [0.5, 0.6) is 11.5 Å². The molecule has 0 aliphatic heterocycles. The molecule has 0 aliphatic rings. The summed E-state index contributed by atoms with van der Waals surface area (Å²) < 4.78 is 10.4. The second kappa shape index (κ2) is 10.2. The monoisotopic (exact) mass is 422 g/mol. The Labute approximate surface area is 173 Å². The van der Waals surface area contributed by atoms with Crippen molar-refractivity contribution in [2.45, 2.75) is 19.1 Å². The number of aryl methyl sites for hydroxylation is 1. The van der Waals surface area contributed by atoms with Gasteiger partial charge in [0, 0.05) is 22.5 Å². The average molecular weight is 423 g/mol. The molecule has 1 unspecified atom stereocenters. The SMILES string of the molecule is COc1ccc(NC(=O)C(C)SCC(=O)Nc2ccc(Cl)cc2C)cc1OC. The minimum Gasteiger partial charge on any atom is -0.493 e. The van der Waals surface area contributed by atoms with E-state index in [0.29, 0.717) is 27.9 Å². The molecule has 150 valence electrons. The Morgan fingerprint density at radius 3 is 2.43 bits per heavy atom. The van der Waals surface area contributed by atoms with E-state index < -0.39 is 5.25 Å². The number of rotatable bonds is 8. The van der Waals surface area contributed by atoms with Crippen LogP contribution in [0.3, 0.4) is 0 Å². The van der Waals surface area contributed by atoms with Crippen molar-refractivity contribution in [2.75, 3.05) is 30.6 Å². The summed E-state index contributed by atoms with van der Waals surface area (Å²) in [5.74, 6) is 0.882. The molecule has 2 aromatic carbocycles. The zero-order valence-corrected chi connectivity index (χ0v) is 17.7. The van der Waals surface area contributed by atoms with Gasteiger partial charge in [-0.2, -0.15) is 0 Å². The van der Waals surface area contributed by atoms with Crippen molar-refractivity contribution in [1.82, 2.24) is 0 Å². The van der Waals surface area contributed by atoms with Crippen LogP contribution in [0.2, 0.25) is 5.02 Å². The Balaban J connectivity index is 1.87. The molecule has 28 heavy (non-hydrogen) atoms. The summed E-state index contributed by atoms with van der Waals surface area (Å²) in [5, 5.41) is 5.85. The molecular formula is C20H23ClN2O4S. The molecule has 2 N–H and O–H groups in total. The number of carbonyl (C=O) groups is 2. The number of benzene rings is 2. The van der Waals surface area contributed by atoms with Gasteiger partial charge in [-0.15, -0.1) is 11.8 Å². The highest BCUT2D eigenvalue weighted by Gasteiger charge is 2.17. The minimum absolute atomic E-state index is 0.155. The molecule has 0 fully saturated rings. The van der Waals surface area contributed by atoms with Crippen LogP contribution in [0.1, 0.15) is 12.5 Å². The van der Waals surface area contributed by atoms with Gasteiger partial charge in [0.15, 0.2) is 11.5 Å². The second-order valence-corrected chi connectivity index (χ2v) is 7.79. The number of ether oxygens (including phenoxy) is 2. The molecule has 0 saturated carbocycles. The fourth-order valence-corrected chi connectivity index (χ4v) is 3.30. The van der Waals surface area contributed by atoms with Gasteiger partial charge >= 0.3 is 0 Å². The van der Waals surface area contributed by atoms with E-state index >= 15 is 0 Å². The van der Waals surface area contributed by atoms with Crippen molar-refractivity contribution in [1.29, 1.82) is 0 Å². The van der Waals surface area contributed by atoms with Gasteiger partial charge in [-0.25, -0.2) is 0 Å². The van der Waals surface area contributed by atoms with Gasteiger partial charge in [-0.1, -0.05) is 11.6 Å². The largest absolute Gasteiger partial charge is 0.493 e. The van der Waals surface area contributed by atoms with Crippen molar-refractivity contribution in [3.63, 3.8) is 0 Å².